The monoisotopic (exact) mass is 208 g/mol. The van der Waals surface area contributed by atoms with Crippen molar-refractivity contribution in [1.29, 1.82) is 0 Å². The third-order valence-corrected chi connectivity index (χ3v) is 3.26. The first-order valence-corrected chi connectivity index (χ1v) is 4.85. The minimum atomic E-state index is -0.531. The van der Waals surface area contributed by atoms with E-state index in [0.717, 1.165) is 10.6 Å². The summed E-state index contributed by atoms with van der Waals surface area (Å²) in [4.78, 5) is 29.0. The molecule has 0 aliphatic carbocycles. The van der Waals surface area contributed by atoms with E-state index in [0.29, 0.717) is 5.17 Å². The molecule has 0 aromatic heterocycles. The number of hydrogen-bond acceptors (Lipinski definition) is 3. The molecule has 0 unspecified atom stereocenters. The fourth-order valence-electron chi connectivity index (χ4n) is 1.25. The molecule has 0 bridgehead atoms. The molecular formula is C9H8N2O2S. The number of amidine groups is 1. The van der Waals surface area contributed by atoms with E-state index >= 15 is 0 Å². The minimum absolute atomic E-state index is 0.0663. The van der Waals surface area contributed by atoms with Crippen molar-refractivity contribution >= 4 is 28.7 Å². The van der Waals surface area contributed by atoms with Crippen molar-refractivity contribution in [3.63, 3.8) is 0 Å². The van der Waals surface area contributed by atoms with E-state index < -0.39 is 5.91 Å². The first-order valence-electron chi connectivity index (χ1n) is 4.04. The molecule has 0 fully saturated rings. The van der Waals surface area contributed by atoms with Gasteiger partial charge in [0.2, 0.25) is 0 Å². The summed E-state index contributed by atoms with van der Waals surface area (Å²) in [5.41, 5.74) is 0.760. The lowest BCUT2D eigenvalue weighted by Gasteiger charge is -2.21. The van der Waals surface area contributed by atoms with Crippen molar-refractivity contribution in [1.82, 2.24) is 4.90 Å². The van der Waals surface area contributed by atoms with Gasteiger partial charge in [-0.3, -0.25) is 14.5 Å². The quantitative estimate of drug-likeness (QED) is 0.445. The first-order chi connectivity index (χ1) is 6.52. The summed E-state index contributed by atoms with van der Waals surface area (Å²) in [7, 11) is 0. The Morgan fingerprint density at radius 3 is 2.64 bits per heavy atom. The lowest BCUT2D eigenvalue weighted by Crippen LogP contribution is -2.37. The fourth-order valence-corrected chi connectivity index (χ4v) is 2.20. The van der Waals surface area contributed by atoms with Gasteiger partial charge < -0.3 is 0 Å². The zero-order valence-electron chi connectivity index (χ0n) is 7.83. The number of hydrogen-bond donors (Lipinski definition) is 0. The molecule has 2 aliphatic heterocycles. The number of carbonyl (C=O) groups excluding carboxylic acids is 2. The predicted molar refractivity (Wildman–Crippen MR) is 54.4 cm³/mol. The molecule has 0 atom stereocenters. The molecule has 2 rings (SSSR count). The molecule has 0 N–H and O–H groups in total. The van der Waals surface area contributed by atoms with Crippen molar-refractivity contribution in [3.8, 4) is 0 Å². The van der Waals surface area contributed by atoms with Crippen molar-refractivity contribution in [3.05, 3.63) is 22.8 Å². The predicted octanol–water partition coefficient (Wildman–Crippen LogP) is 1.27. The Balaban J connectivity index is 2.54. The highest BCUT2D eigenvalue weighted by atomic mass is 32.2. The van der Waals surface area contributed by atoms with E-state index in [1.54, 1.807) is 0 Å². The van der Waals surface area contributed by atoms with Gasteiger partial charge in [0.05, 0.1) is 0 Å². The number of carbonyl (C=O) groups is 2. The van der Waals surface area contributed by atoms with Crippen molar-refractivity contribution in [2.45, 2.75) is 13.8 Å². The second-order valence-electron chi connectivity index (χ2n) is 3.06. The second kappa shape index (κ2) is 2.81. The zero-order chi connectivity index (χ0) is 10.5. The van der Waals surface area contributed by atoms with Gasteiger partial charge in [0.1, 0.15) is 5.57 Å². The maximum atomic E-state index is 11.7. The normalized spacial score (nSPS) is 21.7. The van der Waals surface area contributed by atoms with Crippen molar-refractivity contribution < 1.29 is 9.59 Å². The number of allylic oxidation sites excluding steroid dienone is 2. The Hall–Kier alpha value is -1.36. The molecule has 14 heavy (non-hydrogen) atoms. The van der Waals surface area contributed by atoms with Gasteiger partial charge >= 0.3 is 0 Å². The lowest BCUT2D eigenvalue weighted by atomic mass is 10.2. The molecule has 0 saturated carbocycles. The molecule has 72 valence electrons. The second-order valence-corrected chi connectivity index (χ2v) is 4.24. The van der Waals surface area contributed by atoms with Gasteiger partial charge in [-0.05, 0) is 13.8 Å². The van der Waals surface area contributed by atoms with Crippen LogP contribution in [0.3, 0.4) is 0 Å². The van der Waals surface area contributed by atoms with Crippen molar-refractivity contribution in [2.24, 2.45) is 4.99 Å². The molecular weight excluding hydrogens is 200 g/mol. The van der Waals surface area contributed by atoms with E-state index in [4.69, 9.17) is 0 Å². The van der Waals surface area contributed by atoms with Gasteiger partial charge in [-0.15, -0.1) is 0 Å². The van der Waals surface area contributed by atoms with Crippen LogP contribution in [-0.2, 0) is 9.59 Å². The van der Waals surface area contributed by atoms with Crippen molar-refractivity contribution in [2.75, 3.05) is 0 Å². The summed E-state index contributed by atoms with van der Waals surface area (Å²) in [6.07, 6.45) is 0. The smallest absolute Gasteiger partial charge is 0.268 e. The van der Waals surface area contributed by atoms with Gasteiger partial charge in [0.25, 0.3) is 11.8 Å². The van der Waals surface area contributed by atoms with Crippen LogP contribution in [-0.4, -0.2) is 21.9 Å². The van der Waals surface area contributed by atoms with Crippen LogP contribution in [0.4, 0.5) is 0 Å². The Bertz CT molecular complexity index is 434. The molecule has 0 aromatic rings. The number of nitrogens with zero attached hydrogens (tertiary/aromatic N) is 2. The van der Waals surface area contributed by atoms with Gasteiger partial charge in [0.15, 0.2) is 5.17 Å². The van der Waals surface area contributed by atoms with Crippen LogP contribution in [0.15, 0.2) is 27.7 Å². The van der Waals surface area contributed by atoms with Crippen LogP contribution in [0.2, 0.25) is 0 Å². The maximum absolute atomic E-state index is 11.7. The summed E-state index contributed by atoms with van der Waals surface area (Å²) in [6.45, 7) is 7.13. The molecule has 0 spiro atoms. The molecule has 4 nitrogen and oxygen atoms in total. The van der Waals surface area contributed by atoms with Crippen LogP contribution in [0.25, 0.3) is 0 Å². The molecule has 2 heterocycles. The number of amides is 2. The summed E-state index contributed by atoms with van der Waals surface area (Å²) in [5.74, 6) is -0.891. The van der Waals surface area contributed by atoms with Gasteiger partial charge in [-0.1, -0.05) is 18.3 Å². The van der Waals surface area contributed by atoms with Gasteiger partial charge in [-0.2, -0.15) is 4.99 Å². The number of fused-ring (bicyclic) bond motifs is 1. The van der Waals surface area contributed by atoms with Gasteiger partial charge in [0, 0.05) is 10.6 Å². The van der Waals surface area contributed by atoms with Crippen LogP contribution < -0.4 is 0 Å². The Morgan fingerprint density at radius 2 is 2.00 bits per heavy atom. The highest BCUT2D eigenvalue weighted by Crippen LogP contribution is 2.36. The van der Waals surface area contributed by atoms with E-state index in [1.165, 1.54) is 16.7 Å². The number of aliphatic imine (C=N–C) groups is 1. The lowest BCUT2D eigenvalue weighted by molar-refractivity contribution is -0.126. The molecule has 0 aromatic carbocycles. The Morgan fingerprint density at radius 1 is 1.36 bits per heavy atom. The Labute approximate surface area is 85.4 Å². The van der Waals surface area contributed by atoms with Crippen LogP contribution in [0.5, 0.6) is 0 Å². The van der Waals surface area contributed by atoms with Gasteiger partial charge in [-0.25, -0.2) is 0 Å². The van der Waals surface area contributed by atoms with E-state index in [9.17, 15) is 9.59 Å². The summed E-state index contributed by atoms with van der Waals surface area (Å²) in [5, 5.41) is 0.447. The average molecular weight is 208 g/mol. The largest absolute Gasteiger partial charge is 0.284 e. The summed E-state index contributed by atoms with van der Waals surface area (Å²) < 4.78 is 0. The number of thioether (sulfide) groups is 1. The zero-order valence-corrected chi connectivity index (χ0v) is 8.64. The standard InChI is InChI=1S/C9H8N2O2S/c1-4-7(12)10-9-11(8(4)13)5(2)6(3)14-9/h1H2,2-3H3. The highest BCUT2D eigenvalue weighted by molar-refractivity contribution is 8.17. The molecule has 0 saturated heterocycles. The van der Waals surface area contributed by atoms with E-state index in [-0.39, 0.29) is 11.5 Å². The third-order valence-electron chi connectivity index (χ3n) is 2.20. The maximum Gasteiger partial charge on any atom is 0.284 e. The molecule has 2 amide bonds. The highest BCUT2D eigenvalue weighted by Gasteiger charge is 2.37. The first kappa shape index (κ1) is 9.21. The third kappa shape index (κ3) is 1.05. The molecule has 0 radical (unpaired) electrons. The molecule has 5 heteroatoms. The number of rotatable bonds is 0. The topological polar surface area (TPSA) is 49.7 Å². The van der Waals surface area contributed by atoms with E-state index in [1.807, 2.05) is 13.8 Å². The van der Waals surface area contributed by atoms with Crippen LogP contribution in [0.1, 0.15) is 13.8 Å². The van der Waals surface area contributed by atoms with Crippen LogP contribution in [0, 0.1) is 0 Å². The molecule has 2 aliphatic rings. The SMILES string of the molecule is C=C1C(=O)N=C2SC(C)=C(C)N2C1=O. The van der Waals surface area contributed by atoms with E-state index in [2.05, 4.69) is 11.6 Å². The Kier molecular flexibility index (Phi) is 1.85. The minimum Gasteiger partial charge on any atom is -0.268 e. The average Bonchev–Trinajstić information content (AvgIpc) is 2.39. The fraction of sp³-hybridized carbons (Fsp3) is 0.222. The summed E-state index contributed by atoms with van der Waals surface area (Å²) in [6, 6.07) is 0. The van der Waals surface area contributed by atoms with Crippen LogP contribution >= 0.6 is 11.8 Å². The summed E-state index contributed by atoms with van der Waals surface area (Å²) >= 11 is 1.34.